The van der Waals surface area contributed by atoms with Crippen LogP contribution in [0.15, 0.2) is 194 Å². The minimum Gasteiger partial charge on any atom is -0.423 e. The molecule has 4 aromatic heterocycles. The van der Waals surface area contributed by atoms with Crippen LogP contribution in [0.1, 0.15) is 75.8 Å². The van der Waals surface area contributed by atoms with Crippen LogP contribution in [0.25, 0.3) is 44.0 Å². The Labute approximate surface area is 539 Å². The van der Waals surface area contributed by atoms with Crippen LogP contribution >= 0.6 is 39.1 Å². The number of halogens is 3. The third-order valence-corrected chi connectivity index (χ3v) is 20.4. The van der Waals surface area contributed by atoms with Crippen LogP contribution in [-0.2, 0) is 20.0 Å². The number of nitrogen functional groups attached to an aromatic ring is 2. The summed E-state index contributed by atoms with van der Waals surface area (Å²) < 4.78 is 58.5. The summed E-state index contributed by atoms with van der Waals surface area (Å²) in [6.07, 6.45) is 8.71. The van der Waals surface area contributed by atoms with E-state index in [1.165, 1.54) is 28.6 Å². The molecule has 90 heavy (non-hydrogen) atoms. The summed E-state index contributed by atoms with van der Waals surface area (Å²) in [6.45, 7) is 5.98. The van der Waals surface area contributed by atoms with Crippen LogP contribution in [0.4, 0.5) is 23.5 Å². The summed E-state index contributed by atoms with van der Waals surface area (Å²) in [5.41, 5.74) is 15.6. The number of hydrogen-bond donors (Lipinski definition) is 6. The summed E-state index contributed by atoms with van der Waals surface area (Å²) in [5, 5.41) is 28.1. The van der Waals surface area contributed by atoms with Crippen LogP contribution in [0.5, 0.6) is 0 Å². The number of rotatable bonds is 14. The molecule has 0 amide bonds. The van der Waals surface area contributed by atoms with Gasteiger partial charge in [-0.3, -0.25) is 18.7 Å². The van der Waals surface area contributed by atoms with Crippen molar-refractivity contribution in [2.45, 2.75) is 74.2 Å². The summed E-state index contributed by atoms with van der Waals surface area (Å²) in [6, 6.07) is 45.4. The van der Waals surface area contributed by atoms with Crippen LogP contribution < -0.4 is 38.7 Å². The second-order valence-electron chi connectivity index (χ2n) is 21.5. The van der Waals surface area contributed by atoms with Crippen LogP contribution in [-0.4, -0.2) is 97.9 Å². The maximum atomic E-state index is 13.9. The van der Waals surface area contributed by atoms with Crippen molar-refractivity contribution in [2.24, 2.45) is 0 Å². The van der Waals surface area contributed by atoms with Gasteiger partial charge in [0, 0.05) is 66.9 Å². The largest absolute Gasteiger partial charge is 0.488 e. The highest BCUT2D eigenvalue weighted by molar-refractivity contribution is 9.10. The third-order valence-electron chi connectivity index (χ3n) is 15.4. The van der Waals surface area contributed by atoms with Gasteiger partial charge in [0.25, 0.3) is 11.1 Å². The van der Waals surface area contributed by atoms with E-state index in [-0.39, 0.29) is 44.3 Å². The van der Waals surface area contributed by atoms with Gasteiger partial charge in [0.2, 0.25) is 31.9 Å². The first kappa shape index (κ1) is 64.9. The molecular formula is C64H64BBrCl2N12O8S2. The van der Waals surface area contributed by atoms with Gasteiger partial charge in [0.1, 0.15) is 11.6 Å². The standard InChI is InChI=1S/C32H31ClN6O3S.C21H17BrClN5O.C11H16BNO4S/c1-21(28-19-23-11-9-15-27(33)29(23)31(40)39(28)24-12-4-2-5-13-24)36-30-26(20-35-32(34)37-30)22-10-8-14-25(18-22)43(41,42)38-16-6-3-7-17-38;1-12(26-19-15(22)11-25-21(24)27-19)17-10-13-6-5-9-16(23)18(13)20(29)28(17)14-7-3-2-4-8-14;14-12(15)10-5-4-6-11(9-10)18(16,17)13-7-2-1-3-8-13/h2,4-5,8-15,18-21H,3,6-7,16-17H2,1H3,(H3,34,35,36,37);2-12H,1H3,(H3,24,25,26,27);4-6,9,14-15H,1-3,7-8H2/t21-;12-;/m00./s1. The fourth-order valence-electron chi connectivity index (χ4n) is 10.9. The Balaban J connectivity index is 0.000000163. The van der Waals surface area contributed by atoms with E-state index in [9.17, 15) is 26.4 Å². The number of anilines is 4. The first-order chi connectivity index (χ1) is 43.2. The summed E-state index contributed by atoms with van der Waals surface area (Å²) >= 11 is 16.3. The van der Waals surface area contributed by atoms with Gasteiger partial charge >= 0.3 is 7.12 Å². The number of nitrogens with zero attached hydrogens (tertiary/aromatic N) is 8. The minimum atomic E-state index is -3.65. The average molecular weight is 1360 g/mol. The Morgan fingerprint density at radius 3 is 1.47 bits per heavy atom. The molecule has 0 bridgehead atoms. The van der Waals surface area contributed by atoms with Gasteiger partial charge in [0.05, 0.1) is 47.2 Å². The number of nitrogens with two attached hydrogens (primary N) is 2. The Bertz CT molecular complexity index is 4610. The van der Waals surface area contributed by atoms with E-state index in [0.717, 1.165) is 55.3 Å². The molecule has 12 rings (SSSR count). The third kappa shape index (κ3) is 14.4. The fourth-order valence-corrected chi connectivity index (χ4v) is 14.9. The molecule has 2 aliphatic heterocycles. The van der Waals surface area contributed by atoms with Crippen molar-refractivity contribution in [1.82, 2.24) is 37.7 Å². The van der Waals surface area contributed by atoms with E-state index in [1.807, 2.05) is 117 Å². The molecule has 10 aromatic rings. The second-order valence-corrected chi connectivity index (χ2v) is 27.1. The summed E-state index contributed by atoms with van der Waals surface area (Å²) in [7, 11) is -8.80. The van der Waals surface area contributed by atoms with Crippen molar-refractivity contribution in [1.29, 1.82) is 0 Å². The van der Waals surface area contributed by atoms with Crippen molar-refractivity contribution in [3.8, 4) is 22.5 Å². The van der Waals surface area contributed by atoms with E-state index in [1.54, 1.807) is 56.2 Å². The van der Waals surface area contributed by atoms with Crippen molar-refractivity contribution in [3.63, 3.8) is 0 Å². The quantitative estimate of drug-likeness (QED) is 0.0552. The zero-order chi connectivity index (χ0) is 63.9. The SMILES string of the molecule is C[C@H](Nc1nc(N)ncc1-c1cccc(S(=O)(=O)N2CCCCC2)c1)c1cc2cccc(Cl)c2c(=O)n1-c1ccccc1.C[C@H](Nc1nc(N)ncc1Br)c1cc2cccc(Cl)c2c(=O)n1-c1ccccc1.O=S(=O)(c1cccc(B(O)O)c1)N1CCCCC1. The van der Waals surface area contributed by atoms with Crippen molar-refractivity contribution in [2.75, 3.05) is 48.3 Å². The van der Waals surface area contributed by atoms with Gasteiger partial charge in [-0.15, -0.1) is 0 Å². The van der Waals surface area contributed by atoms with Crippen molar-refractivity contribution in [3.05, 3.63) is 217 Å². The second kappa shape index (κ2) is 28.4. The normalized spacial score (nSPS) is 14.6. The zero-order valence-corrected chi connectivity index (χ0v) is 53.7. The lowest BCUT2D eigenvalue weighted by molar-refractivity contribution is 0.346. The molecule has 0 spiro atoms. The maximum Gasteiger partial charge on any atom is 0.488 e. The number of hydrogen-bond acceptors (Lipinski definition) is 16. The Morgan fingerprint density at radius 2 is 0.978 bits per heavy atom. The Kier molecular flexibility index (Phi) is 20.5. The molecule has 464 valence electrons. The van der Waals surface area contributed by atoms with Crippen LogP contribution in [0, 0.1) is 0 Å². The van der Waals surface area contributed by atoms with Gasteiger partial charge in [-0.05, 0) is 150 Å². The van der Waals surface area contributed by atoms with E-state index < -0.39 is 33.2 Å². The molecule has 6 aromatic carbocycles. The van der Waals surface area contributed by atoms with Crippen LogP contribution in [0.3, 0.4) is 0 Å². The molecule has 0 aliphatic carbocycles. The fraction of sp³-hybridized carbons (Fsp3) is 0.219. The number of aromatic nitrogens is 6. The monoisotopic (exact) mass is 1350 g/mol. The van der Waals surface area contributed by atoms with Gasteiger partial charge in [-0.25, -0.2) is 26.8 Å². The minimum absolute atomic E-state index is 0.0567. The number of para-hydroxylation sites is 2. The number of piperidine rings is 2. The van der Waals surface area contributed by atoms with E-state index in [2.05, 4.69) is 46.5 Å². The predicted octanol–water partition coefficient (Wildman–Crippen LogP) is 10.5. The maximum absolute atomic E-state index is 13.9. The predicted molar refractivity (Wildman–Crippen MR) is 361 cm³/mol. The van der Waals surface area contributed by atoms with E-state index >= 15 is 0 Å². The molecule has 2 atom stereocenters. The molecule has 0 radical (unpaired) electrons. The molecule has 6 heterocycles. The Morgan fingerprint density at radius 1 is 0.544 bits per heavy atom. The number of pyridine rings is 2. The van der Waals surface area contributed by atoms with Gasteiger partial charge in [-0.1, -0.05) is 121 Å². The molecule has 2 fully saturated rings. The molecule has 2 aliphatic rings. The Hall–Kier alpha value is -8.04. The zero-order valence-electron chi connectivity index (χ0n) is 49.0. The highest BCUT2D eigenvalue weighted by Crippen LogP contribution is 2.35. The van der Waals surface area contributed by atoms with E-state index in [4.69, 9.17) is 44.7 Å². The van der Waals surface area contributed by atoms with Crippen molar-refractivity contribution >= 4 is 117 Å². The smallest absolute Gasteiger partial charge is 0.423 e. The molecule has 0 saturated carbocycles. The van der Waals surface area contributed by atoms with Gasteiger partial charge < -0.3 is 32.1 Å². The number of nitrogens with one attached hydrogen (secondary N) is 2. The van der Waals surface area contributed by atoms with Gasteiger partial charge in [-0.2, -0.15) is 18.6 Å². The molecule has 26 heteroatoms. The number of sulfonamides is 2. The highest BCUT2D eigenvalue weighted by Gasteiger charge is 2.29. The van der Waals surface area contributed by atoms with E-state index in [0.29, 0.717) is 91.0 Å². The lowest BCUT2D eigenvalue weighted by Gasteiger charge is -2.26. The summed E-state index contributed by atoms with van der Waals surface area (Å²) in [4.78, 5) is 44.5. The molecule has 0 unspecified atom stereocenters. The molecule has 20 nitrogen and oxygen atoms in total. The number of fused-ring (bicyclic) bond motifs is 2. The highest BCUT2D eigenvalue weighted by atomic mass is 79.9. The molecular weight excluding hydrogens is 1290 g/mol. The summed E-state index contributed by atoms with van der Waals surface area (Å²) in [5.74, 6) is 1.17. The van der Waals surface area contributed by atoms with Gasteiger partial charge in [0.15, 0.2) is 0 Å². The average Bonchev–Trinajstić information content (AvgIpc) is 0.782. The molecule has 2 saturated heterocycles. The lowest BCUT2D eigenvalue weighted by Crippen LogP contribution is -2.37. The lowest BCUT2D eigenvalue weighted by atomic mass is 9.80. The first-order valence-corrected chi connectivity index (χ1v) is 33.4. The van der Waals surface area contributed by atoms with Crippen molar-refractivity contribution < 1.29 is 26.9 Å². The number of benzene rings is 6. The topological polar surface area (TPSA) is 287 Å². The molecule has 8 N–H and O–H groups in total. The first-order valence-electron chi connectivity index (χ1n) is 29.0. The van der Waals surface area contributed by atoms with Crippen LogP contribution in [0.2, 0.25) is 10.0 Å².